The molecule has 4 atom stereocenters. The van der Waals surface area contributed by atoms with E-state index in [2.05, 4.69) is 0 Å². The molecule has 112 valence electrons. The van der Waals surface area contributed by atoms with Gasteiger partial charge in [-0.15, -0.1) is 0 Å². The van der Waals surface area contributed by atoms with Crippen molar-refractivity contribution >= 4 is 10.8 Å². The summed E-state index contributed by atoms with van der Waals surface area (Å²) >= 11 is 0. The normalized spacial score (nSPS) is 28.9. The molecule has 0 spiro atoms. The van der Waals surface area contributed by atoms with Gasteiger partial charge in [0.2, 0.25) is 6.29 Å². The summed E-state index contributed by atoms with van der Waals surface area (Å²) in [6.45, 7) is -0.429. The van der Waals surface area contributed by atoms with E-state index in [9.17, 15) is 15.3 Å². The summed E-state index contributed by atoms with van der Waals surface area (Å²) in [7, 11) is 0. The summed E-state index contributed by atoms with van der Waals surface area (Å²) in [5.74, 6) is 0.0509. The minimum absolute atomic E-state index is 0.0913. The Morgan fingerprint density at radius 3 is 2.33 bits per heavy atom. The summed E-state index contributed by atoms with van der Waals surface area (Å²) in [4.78, 5) is 0. The van der Waals surface area contributed by atoms with Gasteiger partial charge in [-0.2, -0.15) is 0 Å². The second-order valence-electron chi connectivity index (χ2n) is 4.99. The third-order valence-corrected chi connectivity index (χ3v) is 3.57. The van der Waals surface area contributed by atoms with Crippen LogP contribution in [0, 0.1) is 0 Å². The summed E-state index contributed by atoms with van der Waals surface area (Å²) in [5, 5.41) is 40.2. The zero-order chi connectivity index (χ0) is 15.0. The highest BCUT2D eigenvalue weighted by Gasteiger charge is 2.44. The zero-order valence-electron chi connectivity index (χ0n) is 11.1. The van der Waals surface area contributed by atoms with Gasteiger partial charge in [0, 0.05) is 0 Å². The molecule has 0 aliphatic carbocycles. The van der Waals surface area contributed by atoms with Gasteiger partial charge in [0.15, 0.2) is 11.5 Å². The fourth-order valence-electron chi connectivity index (χ4n) is 2.39. The molecule has 4 N–H and O–H groups in total. The first kappa shape index (κ1) is 14.1. The number of ether oxygens (including phenoxy) is 2. The number of aromatic hydroxyl groups is 1. The Morgan fingerprint density at radius 2 is 1.71 bits per heavy atom. The van der Waals surface area contributed by atoms with Crippen LogP contribution in [0.3, 0.4) is 0 Å². The third-order valence-electron chi connectivity index (χ3n) is 3.57. The number of aliphatic hydroxyl groups excluding tert-OH is 3. The number of benzene rings is 2. The standard InChI is InChI=1S/C15H16O6/c16-7-12-13(18)14(19)15(21-12)20-11-6-9-4-2-1-3-8(9)5-10(11)17/h1-6,12-19H,7H2. The average Bonchev–Trinajstić information content (AvgIpc) is 2.76. The number of fused-ring (bicyclic) bond motifs is 1. The van der Waals surface area contributed by atoms with E-state index in [1.807, 2.05) is 24.3 Å². The molecule has 0 aromatic heterocycles. The highest BCUT2D eigenvalue weighted by Crippen LogP contribution is 2.34. The largest absolute Gasteiger partial charge is 0.504 e. The van der Waals surface area contributed by atoms with Crippen molar-refractivity contribution in [1.29, 1.82) is 0 Å². The molecule has 1 saturated heterocycles. The van der Waals surface area contributed by atoms with Gasteiger partial charge in [-0.3, -0.25) is 0 Å². The Labute approximate surface area is 120 Å². The van der Waals surface area contributed by atoms with Crippen LogP contribution >= 0.6 is 0 Å². The number of phenols is 1. The quantitative estimate of drug-likeness (QED) is 0.652. The molecule has 1 aliphatic heterocycles. The third kappa shape index (κ3) is 2.54. The van der Waals surface area contributed by atoms with Crippen molar-refractivity contribution in [1.82, 2.24) is 0 Å². The summed E-state index contributed by atoms with van der Waals surface area (Å²) < 4.78 is 10.7. The lowest BCUT2D eigenvalue weighted by Gasteiger charge is -2.18. The topological polar surface area (TPSA) is 99.4 Å². The van der Waals surface area contributed by atoms with Crippen LogP contribution < -0.4 is 4.74 Å². The molecule has 1 heterocycles. The van der Waals surface area contributed by atoms with E-state index in [4.69, 9.17) is 14.6 Å². The lowest BCUT2D eigenvalue weighted by atomic mass is 10.1. The van der Waals surface area contributed by atoms with Gasteiger partial charge in [-0.05, 0) is 22.9 Å². The van der Waals surface area contributed by atoms with Gasteiger partial charge in [0.1, 0.15) is 18.3 Å². The van der Waals surface area contributed by atoms with E-state index >= 15 is 0 Å². The van der Waals surface area contributed by atoms with Crippen molar-refractivity contribution in [3.8, 4) is 11.5 Å². The summed E-state index contributed by atoms with van der Waals surface area (Å²) in [5.41, 5.74) is 0. The van der Waals surface area contributed by atoms with Crippen LogP contribution in [-0.4, -0.2) is 51.6 Å². The maximum Gasteiger partial charge on any atom is 0.229 e. The minimum atomic E-state index is -1.30. The fraction of sp³-hybridized carbons (Fsp3) is 0.333. The predicted octanol–water partition coefficient (Wildman–Crippen LogP) is 0.363. The zero-order valence-corrected chi connectivity index (χ0v) is 11.1. The summed E-state index contributed by atoms with van der Waals surface area (Å²) in [6.07, 6.45) is -4.59. The van der Waals surface area contributed by atoms with Crippen molar-refractivity contribution in [3.63, 3.8) is 0 Å². The van der Waals surface area contributed by atoms with Crippen molar-refractivity contribution in [2.45, 2.75) is 24.6 Å². The van der Waals surface area contributed by atoms with Crippen molar-refractivity contribution in [2.24, 2.45) is 0 Å². The van der Waals surface area contributed by atoms with Crippen LogP contribution in [0.4, 0.5) is 0 Å². The van der Waals surface area contributed by atoms with E-state index in [-0.39, 0.29) is 11.5 Å². The Balaban J connectivity index is 1.86. The van der Waals surface area contributed by atoms with E-state index < -0.39 is 31.2 Å². The van der Waals surface area contributed by atoms with E-state index in [0.717, 1.165) is 10.8 Å². The SMILES string of the molecule is OCC1OC(Oc2cc3ccccc3cc2O)C(O)C1O. The number of phenolic OH excluding ortho intramolecular Hbond substituents is 1. The second kappa shape index (κ2) is 5.50. The Hall–Kier alpha value is -1.86. The minimum Gasteiger partial charge on any atom is -0.504 e. The molecule has 6 heteroatoms. The van der Waals surface area contributed by atoms with Gasteiger partial charge >= 0.3 is 0 Å². The van der Waals surface area contributed by atoms with Crippen LogP contribution in [0.25, 0.3) is 10.8 Å². The fourth-order valence-corrected chi connectivity index (χ4v) is 2.39. The maximum atomic E-state index is 9.97. The van der Waals surface area contributed by atoms with E-state index in [1.165, 1.54) is 0 Å². The average molecular weight is 292 g/mol. The van der Waals surface area contributed by atoms with Gasteiger partial charge in [-0.25, -0.2) is 0 Å². The lowest BCUT2D eigenvalue weighted by molar-refractivity contribution is -0.117. The first-order valence-electron chi connectivity index (χ1n) is 6.61. The van der Waals surface area contributed by atoms with E-state index in [1.54, 1.807) is 12.1 Å². The molecule has 1 fully saturated rings. The molecule has 21 heavy (non-hydrogen) atoms. The molecule has 4 unspecified atom stereocenters. The maximum absolute atomic E-state index is 9.97. The van der Waals surface area contributed by atoms with Crippen LogP contribution in [0.1, 0.15) is 0 Å². The lowest BCUT2D eigenvalue weighted by Crippen LogP contribution is -2.35. The molecule has 0 saturated carbocycles. The van der Waals surface area contributed by atoms with Gasteiger partial charge in [0.25, 0.3) is 0 Å². The monoisotopic (exact) mass is 292 g/mol. The number of aliphatic hydroxyl groups is 3. The number of hydrogen-bond acceptors (Lipinski definition) is 6. The van der Waals surface area contributed by atoms with Gasteiger partial charge in [0.05, 0.1) is 6.61 Å². The first-order chi connectivity index (χ1) is 10.1. The van der Waals surface area contributed by atoms with Crippen LogP contribution in [-0.2, 0) is 4.74 Å². The molecule has 6 nitrogen and oxygen atoms in total. The molecule has 0 radical (unpaired) electrons. The van der Waals surface area contributed by atoms with Crippen molar-refractivity contribution < 1.29 is 29.9 Å². The van der Waals surface area contributed by atoms with Crippen LogP contribution in [0.15, 0.2) is 36.4 Å². The second-order valence-corrected chi connectivity index (χ2v) is 4.99. The molecular formula is C15H16O6. The van der Waals surface area contributed by atoms with Crippen molar-refractivity contribution in [3.05, 3.63) is 36.4 Å². The molecule has 1 aliphatic rings. The highest BCUT2D eigenvalue weighted by atomic mass is 16.7. The molecule has 2 aromatic rings. The smallest absolute Gasteiger partial charge is 0.229 e. The Bertz CT molecular complexity index is 643. The van der Waals surface area contributed by atoms with Crippen molar-refractivity contribution in [2.75, 3.05) is 6.61 Å². The number of rotatable bonds is 3. The Kier molecular flexibility index (Phi) is 3.69. The summed E-state index contributed by atoms with van der Waals surface area (Å²) in [6, 6.07) is 10.6. The van der Waals surface area contributed by atoms with Gasteiger partial charge < -0.3 is 29.9 Å². The molecule has 0 bridgehead atoms. The highest BCUT2D eigenvalue weighted by molar-refractivity contribution is 5.85. The molecule has 3 rings (SSSR count). The first-order valence-corrected chi connectivity index (χ1v) is 6.61. The molecule has 2 aromatic carbocycles. The molecule has 0 amide bonds. The Morgan fingerprint density at radius 1 is 1.05 bits per heavy atom. The van der Waals surface area contributed by atoms with Gasteiger partial charge in [-0.1, -0.05) is 24.3 Å². The van der Waals surface area contributed by atoms with E-state index in [0.29, 0.717) is 0 Å². The number of hydrogen-bond donors (Lipinski definition) is 4. The van der Waals surface area contributed by atoms with Crippen LogP contribution in [0.5, 0.6) is 11.5 Å². The van der Waals surface area contributed by atoms with Crippen LogP contribution in [0.2, 0.25) is 0 Å². The predicted molar refractivity (Wildman–Crippen MR) is 74.0 cm³/mol. The molecular weight excluding hydrogens is 276 g/mol.